The van der Waals surface area contributed by atoms with Crippen LogP contribution in [0.2, 0.25) is 0 Å². The minimum absolute atomic E-state index is 0.256. The summed E-state index contributed by atoms with van der Waals surface area (Å²) >= 11 is 0. The van der Waals surface area contributed by atoms with E-state index in [2.05, 4.69) is 27.4 Å². The summed E-state index contributed by atoms with van der Waals surface area (Å²) in [4.78, 5) is 11.2. The maximum Gasteiger partial charge on any atom is 0.333 e. The summed E-state index contributed by atoms with van der Waals surface area (Å²) in [6.45, 7) is 12.8. The average molecular weight is 339 g/mol. The summed E-state index contributed by atoms with van der Waals surface area (Å²) in [5, 5.41) is 0. The number of carbonyl (C=O) groups excluding carboxylic acids is 1. The maximum absolute atomic E-state index is 11.2. The van der Waals surface area contributed by atoms with E-state index in [4.69, 9.17) is 4.74 Å². The fourth-order valence-electron chi connectivity index (χ4n) is 2.81. The lowest BCUT2D eigenvalue weighted by Crippen LogP contribution is -2.05. The van der Waals surface area contributed by atoms with Crippen LogP contribution in [0.1, 0.15) is 111 Å². The zero-order valence-corrected chi connectivity index (χ0v) is 16.9. The second-order valence-corrected chi connectivity index (χ2v) is 8.47. The van der Waals surface area contributed by atoms with E-state index in [0.717, 1.165) is 12.8 Å². The highest BCUT2D eigenvalue weighted by molar-refractivity contribution is 5.86. The van der Waals surface area contributed by atoms with Crippen molar-refractivity contribution in [2.45, 2.75) is 111 Å². The van der Waals surface area contributed by atoms with Gasteiger partial charge >= 0.3 is 5.97 Å². The van der Waals surface area contributed by atoms with E-state index in [-0.39, 0.29) is 5.97 Å². The van der Waals surface area contributed by atoms with E-state index in [1.165, 1.54) is 70.6 Å². The average Bonchev–Trinajstić information content (AvgIpc) is 2.49. The second kappa shape index (κ2) is 14.5. The number of unbranched alkanes of at least 4 members (excludes halogenated alkanes) is 11. The van der Waals surface area contributed by atoms with E-state index < -0.39 is 0 Å². The zero-order chi connectivity index (χ0) is 18.3. The number of hydrogen-bond donors (Lipinski definition) is 0. The van der Waals surface area contributed by atoms with Gasteiger partial charge in [-0.3, -0.25) is 0 Å². The molecule has 24 heavy (non-hydrogen) atoms. The van der Waals surface area contributed by atoms with Gasteiger partial charge in [-0.25, -0.2) is 4.79 Å². The standard InChI is InChI=1S/C22H42O2/c1-20(2)21(23)24-19-17-15-13-11-9-7-6-8-10-12-14-16-18-22(3,4)5/h1,6-19H2,2-5H3. The molecule has 0 rings (SSSR count). The first-order chi connectivity index (χ1) is 11.3. The largest absolute Gasteiger partial charge is 0.462 e. The Morgan fingerprint density at radius 1 is 0.750 bits per heavy atom. The lowest BCUT2D eigenvalue weighted by molar-refractivity contribution is -0.139. The van der Waals surface area contributed by atoms with Crippen LogP contribution in [0.15, 0.2) is 12.2 Å². The SMILES string of the molecule is C=C(C)C(=O)OCCCCCCCCCCCCCCC(C)(C)C. The minimum Gasteiger partial charge on any atom is -0.462 e. The Balaban J connectivity index is 3.13. The fraction of sp³-hybridized carbons (Fsp3) is 0.864. The Bertz CT molecular complexity index is 325. The lowest BCUT2D eigenvalue weighted by Gasteiger charge is -2.17. The molecule has 0 aromatic carbocycles. The predicted octanol–water partition coefficient (Wildman–Crippen LogP) is 7.22. The molecule has 0 saturated carbocycles. The molecule has 0 atom stereocenters. The van der Waals surface area contributed by atoms with Crippen molar-refractivity contribution in [1.29, 1.82) is 0 Å². The van der Waals surface area contributed by atoms with E-state index in [1.807, 2.05) is 0 Å². The van der Waals surface area contributed by atoms with Crippen LogP contribution in [-0.2, 0) is 9.53 Å². The highest BCUT2D eigenvalue weighted by Gasteiger charge is 2.08. The summed E-state index contributed by atoms with van der Waals surface area (Å²) in [6.07, 6.45) is 17.3. The Morgan fingerprint density at radius 3 is 1.50 bits per heavy atom. The Kier molecular flexibility index (Phi) is 14.1. The zero-order valence-electron chi connectivity index (χ0n) is 16.9. The van der Waals surface area contributed by atoms with Crippen molar-refractivity contribution in [2.75, 3.05) is 6.61 Å². The lowest BCUT2D eigenvalue weighted by atomic mass is 9.89. The van der Waals surface area contributed by atoms with Gasteiger partial charge in [0.25, 0.3) is 0 Å². The monoisotopic (exact) mass is 338 g/mol. The van der Waals surface area contributed by atoms with Gasteiger partial charge in [0.1, 0.15) is 0 Å². The molecule has 0 aliphatic carbocycles. The van der Waals surface area contributed by atoms with Gasteiger partial charge in [0.05, 0.1) is 6.61 Å². The third-order valence-corrected chi connectivity index (χ3v) is 4.40. The molecule has 0 saturated heterocycles. The third-order valence-electron chi connectivity index (χ3n) is 4.40. The van der Waals surface area contributed by atoms with Crippen LogP contribution in [0.3, 0.4) is 0 Å². The molecule has 0 amide bonds. The Morgan fingerprint density at radius 2 is 1.12 bits per heavy atom. The van der Waals surface area contributed by atoms with Crippen LogP contribution < -0.4 is 0 Å². The molecule has 0 spiro atoms. The number of ether oxygens (including phenoxy) is 1. The van der Waals surface area contributed by atoms with E-state index in [0.29, 0.717) is 17.6 Å². The molecule has 0 radical (unpaired) electrons. The van der Waals surface area contributed by atoms with Crippen LogP contribution in [0.25, 0.3) is 0 Å². The summed E-state index contributed by atoms with van der Waals surface area (Å²) < 4.78 is 5.08. The van der Waals surface area contributed by atoms with Crippen LogP contribution in [0.4, 0.5) is 0 Å². The van der Waals surface area contributed by atoms with E-state index >= 15 is 0 Å². The second-order valence-electron chi connectivity index (χ2n) is 8.47. The van der Waals surface area contributed by atoms with Gasteiger partial charge < -0.3 is 4.74 Å². The minimum atomic E-state index is -0.256. The van der Waals surface area contributed by atoms with E-state index in [1.54, 1.807) is 6.92 Å². The fourth-order valence-corrected chi connectivity index (χ4v) is 2.81. The van der Waals surface area contributed by atoms with E-state index in [9.17, 15) is 4.79 Å². The summed E-state index contributed by atoms with van der Waals surface area (Å²) in [6, 6.07) is 0. The summed E-state index contributed by atoms with van der Waals surface area (Å²) in [5.74, 6) is -0.256. The molecule has 0 aromatic heterocycles. The molecule has 2 heteroatoms. The molecular formula is C22H42O2. The quantitative estimate of drug-likeness (QED) is 0.179. The highest BCUT2D eigenvalue weighted by atomic mass is 16.5. The van der Waals surface area contributed by atoms with Crippen LogP contribution in [0.5, 0.6) is 0 Å². The number of esters is 1. The molecule has 142 valence electrons. The van der Waals surface area contributed by atoms with Gasteiger partial charge in [0, 0.05) is 5.57 Å². The number of hydrogen-bond acceptors (Lipinski definition) is 2. The molecule has 0 unspecified atom stereocenters. The van der Waals surface area contributed by atoms with Crippen molar-refractivity contribution in [1.82, 2.24) is 0 Å². The van der Waals surface area contributed by atoms with Crippen LogP contribution in [0, 0.1) is 5.41 Å². The normalized spacial score (nSPS) is 11.5. The van der Waals surface area contributed by atoms with Gasteiger partial charge in [-0.2, -0.15) is 0 Å². The first kappa shape index (κ1) is 23.2. The van der Waals surface area contributed by atoms with Crippen molar-refractivity contribution in [2.24, 2.45) is 5.41 Å². The Labute approximate surface area is 151 Å². The highest BCUT2D eigenvalue weighted by Crippen LogP contribution is 2.22. The first-order valence-corrected chi connectivity index (χ1v) is 10.2. The maximum atomic E-state index is 11.2. The molecule has 0 aliphatic heterocycles. The van der Waals surface area contributed by atoms with Crippen LogP contribution in [-0.4, -0.2) is 12.6 Å². The van der Waals surface area contributed by atoms with Crippen molar-refractivity contribution in [3.05, 3.63) is 12.2 Å². The molecular weight excluding hydrogens is 296 g/mol. The van der Waals surface area contributed by atoms with Crippen molar-refractivity contribution < 1.29 is 9.53 Å². The molecule has 2 nitrogen and oxygen atoms in total. The molecule has 0 aliphatic rings. The Hall–Kier alpha value is -0.790. The molecule has 0 N–H and O–H groups in total. The smallest absolute Gasteiger partial charge is 0.333 e. The van der Waals surface area contributed by atoms with Crippen molar-refractivity contribution >= 4 is 5.97 Å². The molecule has 0 bridgehead atoms. The molecule has 0 heterocycles. The van der Waals surface area contributed by atoms with Gasteiger partial charge in [0.15, 0.2) is 0 Å². The molecule has 0 fully saturated rings. The number of carbonyl (C=O) groups is 1. The van der Waals surface area contributed by atoms with Gasteiger partial charge in [-0.15, -0.1) is 0 Å². The van der Waals surface area contributed by atoms with Crippen molar-refractivity contribution in [3.8, 4) is 0 Å². The first-order valence-electron chi connectivity index (χ1n) is 10.2. The summed E-state index contributed by atoms with van der Waals surface area (Å²) in [7, 11) is 0. The summed E-state index contributed by atoms with van der Waals surface area (Å²) in [5.41, 5.74) is 0.996. The predicted molar refractivity (Wildman–Crippen MR) is 105 cm³/mol. The van der Waals surface area contributed by atoms with Gasteiger partial charge in [0.2, 0.25) is 0 Å². The van der Waals surface area contributed by atoms with Crippen LogP contribution >= 0.6 is 0 Å². The van der Waals surface area contributed by atoms with Gasteiger partial charge in [-0.1, -0.05) is 98.0 Å². The topological polar surface area (TPSA) is 26.3 Å². The number of rotatable bonds is 15. The third kappa shape index (κ3) is 17.6. The van der Waals surface area contributed by atoms with Gasteiger partial charge in [-0.05, 0) is 25.2 Å². The molecule has 0 aromatic rings. The van der Waals surface area contributed by atoms with Crippen molar-refractivity contribution in [3.63, 3.8) is 0 Å².